The molecule has 4 rings (SSSR count). The molecule has 6 nitrogen and oxygen atoms in total. The SMILES string of the molecule is N#Cc1ccc(N2CCC[C@@H](N3CCC[C@H](n4cccn4)C3)C2=O)cc1. The van der Waals surface area contributed by atoms with Gasteiger partial charge >= 0.3 is 0 Å². The number of hydrogen-bond donors (Lipinski definition) is 0. The van der Waals surface area contributed by atoms with Crippen molar-refractivity contribution in [2.24, 2.45) is 0 Å². The lowest BCUT2D eigenvalue weighted by Crippen LogP contribution is -2.55. The number of rotatable bonds is 3. The van der Waals surface area contributed by atoms with Gasteiger partial charge in [0, 0.05) is 31.2 Å². The average molecular weight is 349 g/mol. The number of carbonyl (C=O) groups is 1. The molecule has 6 heteroatoms. The van der Waals surface area contributed by atoms with Gasteiger partial charge in [0.2, 0.25) is 5.91 Å². The quantitative estimate of drug-likeness (QED) is 0.854. The van der Waals surface area contributed by atoms with Gasteiger partial charge in [0.1, 0.15) is 0 Å². The van der Waals surface area contributed by atoms with Crippen LogP contribution in [0.3, 0.4) is 0 Å². The van der Waals surface area contributed by atoms with Gasteiger partial charge in [-0.2, -0.15) is 10.4 Å². The summed E-state index contributed by atoms with van der Waals surface area (Å²) in [6.07, 6.45) is 7.94. The number of piperidine rings is 2. The molecule has 0 N–H and O–H groups in total. The molecule has 2 aromatic rings. The summed E-state index contributed by atoms with van der Waals surface area (Å²) in [4.78, 5) is 17.4. The van der Waals surface area contributed by atoms with Crippen LogP contribution in [0.1, 0.15) is 37.3 Å². The maximum absolute atomic E-state index is 13.2. The first-order valence-electron chi connectivity index (χ1n) is 9.31. The Kier molecular flexibility index (Phi) is 4.72. The molecule has 2 fully saturated rings. The van der Waals surface area contributed by atoms with Gasteiger partial charge in [-0.25, -0.2) is 0 Å². The number of aromatic nitrogens is 2. The lowest BCUT2D eigenvalue weighted by atomic mass is 9.97. The maximum Gasteiger partial charge on any atom is 0.244 e. The predicted octanol–water partition coefficient (Wildman–Crippen LogP) is 2.59. The summed E-state index contributed by atoms with van der Waals surface area (Å²) in [5.74, 6) is 0.182. The molecule has 2 aliphatic rings. The first-order valence-corrected chi connectivity index (χ1v) is 9.31. The van der Waals surface area contributed by atoms with E-state index < -0.39 is 0 Å². The Morgan fingerprint density at radius 1 is 1.12 bits per heavy atom. The number of benzene rings is 1. The van der Waals surface area contributed by atoms with Gasteiger partial charge in [0.05, 0.1) is 23.7 Å². The van der Waals surface area contributed by atoms with E-state index in [1.54, 1.807) is 12.1 Å². The van der Waals surface area contributed by atoms with E-state index in [1.165, 1.54) is 0 Å². The van der Waals surface area contributed by atoms with E-state index in [4.69, 9.17) is 5.26 Å². The highest BCUT2D eigenvalue weighted by Crippen LogP contribution is 2.28. The van der Waals surface area contributed by atoms with E-state index in [9.17, 15) is 4.79 Å². The van der Waals surface area contributed by atoms with E-state index in [0.717, 1.165) is 51.0 Å². The molecule has 0 spiro atoms. The van der Waals surface area contributed by atoms with Crippen molar-refractivity contribution in [3.05, 3.63) is 48.3 Å². The highest BCUT2D eigenvalue weighted by atomic mass is 16.2. The molecule has 1 aromatic heterocycles. The fourth-order valence-electron chi connectivity index (χ4n) is 4.15. The second kappa shape index (κ2) is 7.30. The molecule has 2 aliphatic heterocycles. The minimum Gasteiger partial charge on any atom is -0.311 e. The number of carbonyl (C=O) groups excluding carboxylic acids is 1. The summed E-state index contributed by atoms with van der Waals surface area (Å²) in [5.41, 5.74) is 1.51. The van der Waals surface area contributed by atoms with Gasteiger partial charge in [-0.1, -0.05) is 0 Å². The zero-order valence-corrected chi connectivity index (χ0v) is 14.8. The standard InChI is InChI=1S/C20H23N5O/c21-14-16-6-8-17(9-7-16)24-12-2-5-19(20(24)26)23-11-1-4-18(15-23)25-13-3-10-22-25/h3,6-10,13,18-19H,1-2,4-5,11-12,15H2/t18-,19+/m0/s1. The number of amides is 1. The molecule has 0 unspecified atom stereocenters. The topological polar surface area (TPSA) is 65.2 Å². The van der Waals surface area contributed by atoms with Gasteiger partial charge in [0.15, 0.2) is 0 Å². The van der Waals surface area contributed by atoms with Crippen LogP contribution < -0.4 is 4.90 Å². The second-order valence-electron chi connectivity index (χ2n) is 7.08. The smallest absolute Gasteiger partial charge is 0.244 e. The number of likely N-dealkylation sites (tertiary alicyclic amines) is 1. The summed E-state index contributed by atoms with van der Waals surface area (Å²) in [6, 6.07) is 11.7. The molecule has 1 amide bonds. The Morgan fingerprint density at radius 3 is 2.65 bits per heavy atom. The molecular weight excluding hydrogens is 326 g/mol. The molecule has 0 bridgehead atoms. The number of nitriles is 1. The van der Waals surface area contributed by atoms with Gasteiger partial charge < -0.3 is 4.90 Å². The summed E-state index contributed by atoms with van der Waals surface area (Å²) < 4.78 is 2.03. The van der Waals surface area contributed by atoms with Crippen molar-refractivity contribution in [3.63, 3.8) is 0 Å². The molecule has 0 radical (unpaired) electrons. The Bertz CT molecular complexity index is 793. The van der Waals surface area contributed by atoms with Gasteiger partial charge in [-0.3, -0.25) is 14.4 Å². The van der Waals surface area contributed by atoms with E-state index >= 15 is 0 Å². The van der Waals surface area contributed by atoms with Crippen molar-refractivity contribution in [1.82, 2.24) is 14.7 Å². The Labute approximate surface area is 153 Å². The van der Waals surface area contributed by atoms with Gasteiger partial charge in [0.25, 0.3) is 0 Å². The molecule has 26 heavy (non-hydrogen) atoms. The van der Waals surface area contributed by atoms with Crippen LogP contribution in [0.2, 0.25) is 0 Å². The normalized spacial score (nSPS) is 24.4. The molecule has 2 saturated heterocycles. The average Bonchev–Trinajstić information content (AvgIpc) is 3.23. The third kappa shape index (κ3) is 3.23. The van der Waals surface area contributed by atoms with Crippen LogP contribution in [0.15, 0.2) is 42.7 Å². The first kappa shape index (κ1) is 16.8. The van der Waals surface area contributed by atoms with Crippen molar-refractivity contribution in [2.45, 2.75) is 37.8 Å². The fourth-order valence-corrected chi connectivity index (χ4v) is 4.15. The van der Waals surface area contributed by atoms with Crippen molar-refractivity contribution in [3.8, 4) is 6.07 Å². The summed E-state index contributed by atoms with van der Waals surface area (Å²) >= 11 is 0. The van der Waals surface area contributed by atoms with Crippen LogP contribution in [0, 0.1) is 11.3 Å². The monoisotopic (exact) mass is 349 g/mol. The van der Waals surface area contributed by atoms with Crippen molar-refractivity contribution >= 4 is 11.6 Å². The Balaban J connectivity index is 1.49. The number of nitrogens with zero attached hydrogens (tertiary/aromatic N) is 5. The molecule has 0 saturated carbocycles. The molecule has 1 aromatic carbocycles. The van der Waals surface area contributed by atoms with Crippen molar-refractivity contribution in [1.29, 1.82) is 5.26 Å². The third-order valence-electron chi connectivity index (χ3n) is 5.49. The number of anilines is 1. The second-order valence-corrected chi connectivity index (χ2v) is 7.08. The van der Waals surface area contributed by atoms with Crippen molar-refractivity contribution < 1.29 is 4.79 Å². The molecular formula is C20H23N5O. The van der Waals surface area contributed by atoms with Gasteiger partial charge in [-0.05, 0) is 62.6 Å². The molecule has 3 heterocycles. The lowest BCUT2D eigenvalue weighted by molar-refractivity contribution is -0.126. The highest BCUT2D eigenvalue weighted by Gasteiger charge is 2.36. The Hall–Kier alpha value is -2.65. The minimum absolute atomic E-state index is 0.0576. The van der Waals surface area contributed by atoms with Gasteiger partial charge in [-0.15, -0.1) is 0 Å². The number of hydrogen-bond acceptors (Lipinski definition) is 4. The van der Waals surface area contributed by atoms with E-state index in [1.807, 2.05) is 40.2 Å². The minimum atomic E-state index is -0.0576. The molecule has 0 aliphatic carbocycles. The van der Waals surface area contributed by atoms with Crippen molar-refractivity contribution in [2.75, 3.05) is 24.5 Å². The van der Waals surface area contributed by atoms with E-state index in [0.29, 0.717) is 11.6 Å². The van der Waals surface area contributed by atoms with E-state index in [2.05, 4.69) is 16.1 Å². The largest absolute Gasteiger partial charge is 0.311 e. The fraction of sp³-hybridized carbons (Fsp3) is 0.450. The third-order valence-corrected chi connectivity index (χ3v) is 5.49. The Morgan fingerprint density at radius 2 is 1.92 bits per heavy atom. The lowest BCUT2D eigenvalue weighted by Gasteiger charge is -2.42. The van der Waals surface area contributed by atoms with E-state index in [-0.39, 0.29) is 11.9 Å². The molecule has 2 atom stereocenters. The summed E-state index contributed by atoms with van der Waals surface area (Å²) in [7, 11) is 0. The van der Waals surface area contributed by atoms with Crippen LogP contribution in [-0.2, 0) is 4.79 Å². The zero-order chi connectivity index (χ0) is 17.9. The van der Waals surface area contributed by atoms with Crippen LogP contribution in [0.5, 0.6) is 0 Å². The maximum atomic E-state index is 13.2. The summed E-state index contributed by atoms with van der Waals surface area (Å²) in [5, 5.41) is 13.3. The van der Waals surface area contributed by atoms with Crippen LogP contribution in [0.4, 0.5) is 5.69 Å². The van der Waals surface area contributed by atoms with Crippen LogP contribution in [0.25, 0.3) is 0 Å². The first-order chi connectivity index (χ1) is 12.8. The molecule has 134 valence electrons. The van der Waals surface area contributed by atoms with Crippen LogP contribution in [-0.4, -0.2) is 46.3 Å². The summed E-state index contributed by atoms with van der Waals surface area (Å²) in [6.45, 7) is 2.59. The highest BCUT2D eigenvalue weighted by molar-refractivity contribution is 5.98. The van der Waals surface area contributed by atoms with Crippen LogP contribution >= 0.6 is 0 Å². The zero-order valence-electron chi connectivity index (χ0n) is 14.8. The predicted molar refractivity (Wildman–Crippen MR) is 98.6 cm³/mol.